The van der Waals surface area contributed by atoms with Crippen LogP contribution in [0.2, 0.25) is 0 Å². The fourth-order valence-corrected chi connectivity index (χ4v) is 3.12. The third kappa shape index (κ3) is 4.33. The molecular formula is C22H22N4O4. The van der Waals surface area contributed by atoms with Gasteiger partial charge in [-0.15, -0.1) is 0 Å². The van der Waals surface area contributed by atoms with Crippen LogP contribution in [0.4, 0.5) is 11.4 Å². The van der Waals surface area contributed by atoms with Gasteiger partial charge in [0.1, 0.15) is 5.75 Å². The van der Waals surface area contributed by atoms with Crippen molar-refractivity contribution >= 4 is 17.3 Å². The predicted molar refractivity (Wildman–Crippen MR) is 112 cm³/mol. The Bertz CT molecular complexity index is 1070. The van der Waals surface area contributed by atoms with E-state index in [1.807, 2.05) is 18.2 Å². The number of para-hydroxylation sites is 1. The molecule has 154 valence electrons. The highest BCUT2D eigenvalue weighted by Gasteiger charge is 2.18. The molecule has 2 heterocycles. The van der Waals surface area contributed by atoms with E-state index in [0.29, 0.717) is 49.1 Å². The maximum absolute atomic E-state index is 12.7. The number of nitrogens with zero attached hydrogens (tertiary/aromatic N) is 3. The number of anilines is 2. The Hall–Kier alpha value is -3.65. The molecule has 1 saturated heterocycles. The zero-order chi connectivity index (χ0) is 20.9. The highest BCUT2D eigenvalue weighted by molar-refractivity contribution is 5.94. The molecular weight excluding hydrogens is 384 g/mol. The summed E-state index contributed by atoms with van der Waals surface area (Å²) in [5, 5.41) is 7.15. The highest BCUT2D eigenvalue weighted by Crippen LogP contribution is 2.28. The molecule has 8 nitrogen and oxygen atoms in total. The van der Waals surface area contributed by atoms with Crippen LogP contribution in [-0.2, 0) is 11.8 Å². The number of morpholine rings is 1. The molecule has 0 spiro atoms. The molecule has 30 heavy (non-hydrogen) atoms. The van der Waals surface area contributed by atoms with E-state index in [4.69, 9.17) is 9.47 Å². The van der Waals surface area contributed by atoms with Crippen LogP contribution in [0.1, 0.15) is 10.4 Å². The van der Waals surface area contributed by atoms with Crippen LogP contribution >= 0.6 is 0 Å². The van der Waals surface area contributed by atoms with Gasteiger partial charge in [0, 0.05) is 31.4 Å². The molecule has 0 radical (unpaired) electrons. The molecule has 0 saturated carbocycles. The summed E-state index contributed by atoms with van der Waals surface area (Å²) in [5.41, 5.74) is 1.20. The maximum Gasteiger partial charge on any atom is 0.294 e. The van der Waals surface area contributed by atoms with Gasteiger partial charge in [0.15, 0.2) is 11.4 Å². The van der Waals surface area contributed by atoms with Crippen molar-refractivity contribution in [2.24, 2.45) is 7.05 Å². The van der Waals surface area contributed by atoms with E-state index in [2.05, 4.69) is 10.4 Å². The van der Waals surface area contributed by atoms with Gasteiger partial charge in [0.2, 0.25) is 0 Å². The van der Waals surface area contributed by atoms with Crippen LogP contribution in [0.15, 0.2) is 65.6 Å². The van der Waals surface area contributed by atoms with E-state index >= 15 is 0 Å². The number of amides is 1. The Balaban J connectivity index is 1.55. The standard InChI is InChI=1S/C22H22N4O4/c1-25-22(28)20(19(15-23-25)30-18-5-3-2-4-6-18)24-17-9-7-16(8-10-17)21(27)26-11-13-29-14-12-26/h2-10,15,24H,11-14H2,1H3. The SMILES string of the molecule is Cn1ncc(Oc2ccccc2)c(Nc2ccc(C(=O)N3CCOCC3)cc2)c1=O. The summed E-state index contributed by atoms with van der Waals surface area (Å²) in [7, 11) is 1.57. The van der Waals surface area contributed by atoms with Crippen LogP contribution in [0.5, 0.6) is 11.5 Å². The molecule has 0 atom stereocenters. The zero-order valence-corrected chi connectivity index (χ0v) is 16.6. The van der Waals surface area contributed by atoms with Crippen molar-refractivity contribution in [2.45, 2.75) is 0 Å². The number of aromatic nitrogens is 2. The monoisotopic (exact) mass is 406 g/mol. The predicted octanol–water partition coefficient (Wildman–Crippen LogP) is 2.79. The first kappa shape index (κ1) is 19.7. The third-order valence-electron chi connectivity index (χ3n) is 4.77. The van der Waals surface area contributed by atoms with Crippen molar-refractivity contribution in [1.82, 2.24) is 14.7 Å². The van der Waals surface area contributed by atoms with Crippen molar-refractivity contribution in [1.29, 1.82) is 0 Å². The van der Waals surface area contributed by atoms with Crippen molar-refractivity contribution in [3.05, 3.63) is 76.7 Å². The van der Waals surface area contributed by atoms with E-state index < -0.39 is 0 Å². The lowest BCUT2D eigenvalue weighted by molar-refractivity contribution is 0.0303. The van der Waals surface area contributed by atoms with E-state index in [-0.39, 0.29) is 17.2 Å². The normalized spacial score (nSPS) is 13.7. The highest BCUT2D eigenvalue weighted by atomic mass is 16.5. The maximum atomic E-state index is 12.7. The van der Waals surface area contributed by atoms with Crippen molar-refractivity contribution in [3.63, 3.8) is 0 Å². The van der Waals surface area contributed by atoms with Crippen LogP contribution < -0.4 is 15.6 Å². The summed E-state index contributed by atoms with van der Waals surface area (Å²) in [6.45, 7) is 2.29. The molecule has 2 aromatic carbocycles. The second-order valence-corrected chi connectivity index (χ2v) is 6.83. The largest absolute Gasteiger partial charge is 0.453 e. The van der Waals surface area contributed by atoms with Gasteiger partial charge in [-0.25, -0.2) is 4.68 Å². The minimum Gasteiger partial charge on any atom is -0.453 e. The van der Waals surface area contributed by atoms with Gasteiger partial charge in [-0.2, -0.15) is 5.10 Å². The van der Waals surface area contributed by atoms with E-state index in [1.54, 1.807) is 48.3 Å². The molecule has 1 N–H and O–H groups in total. The molecule has 1 amide bonds. The number of benzene rings is 2. The molecule has 1 aliphatic heterocycles. The van der Waals surface area contributed by atoms with Crippen LogP contribution in [0.3, 0.4) is 0 Å². The lowest BCUT2D eigenvalue weighted by atomic mass is 10.1. The van der Waals surface area contributed by atoms with E-state index in [9.17, 15) is 9.59 Å². The van der Waals surface area contributed by atoms with E-state index in [1.165, 1.54) is 10.9 Å². The summed E-state index contributed by atoms with van der Waals surface area (Å²) in [5.74, 6) is 0.887. The smallest absolute Gasteiger partial charge is 0.294 e. The van der Waals surface area contributed by atoms with Crippen LogP contribution in [-0.4, -0.2) is 46.9 Å². The van der Waals surface area contributed by atoms with Crippen molar-refractivity contribution in [2.75, 3.05) is 31.6 Å². The molecule has 8 heteroatoms. The van der Waals surface area contributed by atoms with Crippen molar-refractivity contribution < 1.29 is 14.3 Å². The van der Waals surface area contributed by atoms with Crippen molar-refractivity contribution in [3.8, 4) is 11.5 Å². The van der Waals surface area contributed by atoms with Gasteiger partial charge in [-0.1, -0.05) is 18.2 Å². The zero-order valence-electron chi connectivity index (χ0n) is 16.6. The Morgan fingerprint density at radius 2 is 1.77 bits per heavy atom. The minimum atomic E-state index is -0.322. The Labute approximate surface area is 173 Å². The fraction of sp³-hybridized carbons (Fsp3) is 0.227. The summed E-state index contributed by atoms with van der Waals surface area (Å²) in [4.78, 5) is 27.0. The summed E-state index contributed by atoms with van der Waals surface area (Å²) in [6.07, 6.45) is 1.49. The lowest BCUT2D eigenvalue weighted by Crippen LogP contribution is -2.40. The molecule has 1 aliphatic rings. The number of nitrogens with one attached hydrogen (secondary N) is 1. The summed E-state index contributed by atoms with van der Waals surface area (Å²) < 4.78 is 12.4. The lowest BCUT2D eigenvalue weighted by Gasteiger charge is -2.26. The molecule has 3 aromatic rings. The Morgan fingerprint density at radius 3 is 2.47 bits per heavy atom. The van der Waals surface area contributed by atoms with Crippen LogP contribution in [0, 0.1) is 0 Å². The number of hydrogen-bond acceptors (Lipinski definition) is 6. The van der Waals surface area contributed by atoms with Gasteiger partial charge in [0.05, 0.1) is 19.4 Å². The minimum absolute atomic E-state index is 0.0298. The third-order valence-corrected chi connectivity index (χ3v) is 4.77. The molecule has 0 unspecified atom stereocenters. The van der Waals surface area contributed by atoms with E-state index in [0.717, 1.165) is 0 Å². The second-order valence-electron chi connectivity index (χ2n) is 6.83. The molecule has 0 bridgehead atoms. The second kappa shape index (κ2) is 8.79. The average Bonchev–Trinajstić information content (AvgIpc) is 2.80. The Morgan fingerprint density at radius 1 is 1.07 bits per heavy atom. The molecule has 1 aromatic heterocycles. The number of carbonyl (C=O) groups excluding carboxylic acids is 1. The molecule has 0 aliphatic carbocycles. The number of hydrogen-bond donors (Lipinski definition) is 1. The topological polar surface area (TPSA) is 85.7 Å². The molecule has 4 rings (SSSR count). The first-order valence-corrected chi connectivity index (χ1v) is 9.65. The van der Waals surface area contributed by atoms with Gasteiger partial charge < -0.3 is 19.7 Å². The van der Waals surface area contributed by atoms with Gasteiger partial charge in [-0.05, 0) is 36.4 Å². The number of aryl methyl sites for hydroxylation is 1. The van der Waals surface area contributed by atoms with Gasteiger partial charge in [0.25, 0.3) is 11.5 Å². The quantitative estimate of drug-likeness (QED) is 0.701. The number of rotatable bonds is 5. The first-order valence-electron chi connectivity index (χ1n) is 9.65. The summed E-state index contributed by atoms with van der Waals surface area (Å²) in [6, 6.07) is 16.2. The molecule has 1 fully saturated rings. The summed E-state index contributed by atoms with van der Waals surface area (Å²) >= 11 is 0. The van der Waals surface area contributed by atoms with Gasteiger partial charge >= 0.3 is 0 Å². The number of carbonyl (C=O) groups is 1. The fourth-order valence-electron chi connectivity index (χ4n) is 3.12. The average molecular weight is 406 g/mol. The van der Waals surface area contributed by atoms with Gasteiger partial charge in [-0.3, -0.25) is 9.59 Å². The van der Waals surface area contributed by atoms with Crippen LogP contribution in [0.25, 0.3) is 0 Å². The number of ether oxygens (including phenoxy) is 2. The first-order chi connectivity index (χ1) is 14.6. The Kier molecular flexibility index (Phi) is 5.76.